The summed E-state index contributed by atoms with van der Waals surface area (Å²) in [5.74, 6) is -0.0807. The van der Waals surface area contributed by atoms with Gasteiger partial charge in [0.05, 0.1) is 11.4 Å². The van der Waals surface area contributed by atoms with Crippen LogP contribution in [0.25, 0.3) is 22.5 Å². The minimum absolute atomic E-state index is 0.0921. The van der Waals surface area contributed by atoms with Crippen molar-refractivity contribution in [2.24, 2.45) is 7.05 Å². The van der Waals surface area contributed by atoms with Crippen LogP contribution in [-0.2, 0) is 20.0 Å². The molecule has 2 N–H and O–H groups in total. The second kappa shape index (κ2) is 8.35. The van der Waals surface area contributed by atoms with Crippen molar-refractivity contribution in [2.75, 3.05) is 5.73 Å². The van der Waals surface area contributed by atoms with Crippen LogP contribution in [0.15, 0.2) is 36.7 Å². The molecule has 1 aliphatic heterocycles. The molecule has 176 valence electrons. The van der Waals surface area contributed by atoms with Gasteiger partial charge in [-0.05, 0) is 31.2 Å². The molecule has 1 aliphatic rings. The first kappa shape index (κ1) is 22.3. The van der Waals surface area contributed by atoms with Gasteiger partial charge in [-0.1, -0.05) is 11.6 Å². The lowest BCUT2D eigenvalue weighted by Gasteiger charge is -2.21. The van der Waals surface area contributed by atoms with E-state index in [4.69, 9.17) is 22.1 Å². The van der Waals surface area contributed by atoms with E-state index >= 15 is 0 Å². The maximum atomic E-state index is 14.3. The van der Waals surface area contributed by atoms with Crippen LogP contribution in [0, 0.1) is 5.82 Å². The lowest BCUT2D eigenvalue weighted by Crippen LogP contribution is -2.12. The second-order valence-corrected chi connectivity index (χ2v) is 8.50. The molecule has 0 saturated carbocycles. The number of nitrogens with zero attached hydrogens (tertiary/aromatic N) is 5. The summed E-state index contributed by atoms with van der Waals surface area (Å²) in [5.41, 5.74) is 10.1. The van der Waals surface area contributed by atoms with E-state index in [1.807, 2.05) is 6.20 Å². The minimum Gasteiger partial charge on any atom is -0.482 e. The number of anilines is 1. The number of pyridine rings is 1. The van der Waals surface area contributed by atoms with Crippen LogP contribution >= 0.6 is 11.6 Å². The lowest BCUT2D eigenvalue weighted by atomic mass is 9.94. The number of hydrogen-bond donors (Lipinski definition) is 1. The first-order chi connectivity index (χ1) is 16.2. The second-order valence-electron chi connectivity index (χ2n) is 8.14. The summed E-state index contributed by atoms with van der Waals surface area (Å²) in [6.45, 7) is 1.12. The molecule has 4 heterocycles. The van der Waals surface area contributed by atoms with Gasteiger partial charge in [-0.2, -0.15) is 10.2 Å². The van der Waals surface area contributed by atoms with Crippen molar-refractivity contribution in [1.82, 2.24) is 24.5 Å². The summed E-state index contributed by atoms with van der Waals surface area (Å²) in [6, 6.07) is 6.01. The molecule has 0 spiro atoms. The third kappa shape index (κ3) is 3.87. The Kier molecular flexibility index (Phi) is 5.47. The van der Waals surface area contributed by atoms with Crippen molar-refractivity contribution in [1.29, 1.82) is 0 Å². The van der Waals surface area contributed by atoms with Gasteiger partial charge in [0.25, 0.3) is 6.43 Å². The minimum atomic E-state index is -2.64. The molecule has 1 atom stereocenters. The summed E-state index contributed by atoms with van der Waals surface area (Å²) in [7, 11) is 1.77. The van der Waals surface area contributed by atoms with Crippen molar-refractivity contribution in [3.8, 4) is 28.3 Å². The van der Waals surface area contributed by atoms with Crippen LogP contribution in [0.2, 0.25) is 5.15 Å². The van der Waals surface area contributed by atoms with Crippen LogP contribution in [0.5, 0.6) is 5.75 Å². The number of aromatic nitrogens is 5. The lowest BCUT2D eigenvalue weighted by molar-refractivity contribution is 0.122. The zero-order valence-corrected chi connectivity index (χ0v) is 19.0. The molecule has 1 unspecified atom stereocenters. The molecule has 7 nitrogen and oxygen atoms in total. The molecule has 0 radical (unpaired) electrons. The first-order valence-electron chi connectivity index (χ1n) is 10.5. The average Bonchev–Trinajstić information content (AvgIpc) is 3.27. The molecule has 0 saturated heterocycles. The Morgan fingerprint density at radius 1 is 1.26 bits per heavy atom. The van der Waals surface area contributed by atoms with Crippen LogP contribution in [0.3, 0.4) is 0 Å². The fraction of sp³-hybridized carbons (Fsp3) is 0.261. The molecule has 4 aromatic rings. The van der Waals surface area contributed by atoms with Gasteiger partial charge < -0.3 is 10.5 Å². The maximum Gasteiger partial charge on any atom is 0.257 e. The van der Waals surface area contributed by atoms with Gasteiger partial charge in [-0.3, -0.25) is 9.36 Å². The van der Waals surface area contributed by atoms with Gasteiger partial charge in [-0.25, -0.2) is 18.2 Å². The zero-order valence-electron chi connectivity index (χ0n) is 18.3. The highest BCUT2D eigenvalue weighted by atomic mass is 35.5. The number of nitrogen functional groups attached to an aromatic ring is 1. The van der Waals surface area contributed by atoms with Crippen molar-refractivity contribution in [2.45, 2.75) is 32.4 Å². The number of halogens is 4. The van der Waals surface area contributed by atoms with Gasteiger partial charge in [-0.15, -0.1) is 0 Å². The number of fused-ring (bicyclic) bond motifs is 7. The van der Waals surface area contributed by atoms with Crippen molar-refractivity contribution in [3.63, 3.8) is 0 Å². The summed E-state index contributed by atoms with van der Waals surface area (Å²) < 4.78 is 49.9. The average molecular weight is 489 g/mol. The monoisotopic (exact) mass is 488 g/mol. The molecule has 1 aromatic carbocycles. The van der Waals surface area contributed by atoms with Gasteiger partial charge >= 0.3 is 0 Å². The third-order valence-corrected chi connectivity index (χ3v) is 6.05. The molecule has 2 bridgehead atoms. The number of aryl methyl sites for hydroxylation is 1. The molecule has 34 heavy (non-hydrogen) atoms. The topological polar surface area (TPSA) is 83.8 Å². The summed E-state index contributed by atoms with van der Waals surface area (Å²) in [6.07, 6.45) is 0.279. The van der Waals surface area contributed by atoms with Crippen LogP contribution in [-0.4, -0.2) is 31.0 Å². The molecular formula is C23H20ClF3N6O. The van der Waals surface area contributed by atoms with E-state index in [9.17, 15) is 13.2 Å². The number of alkyl halides is 2. The molecule has 3 aromatic heterocycles. The Hall–Kier alpha value is -3.53. The highest BCUT2D eigenvalue weighted by Gasteiger charge is 2.27. The van der Waals surface area contributed by atoms with Gasteiger partial charge in [0.2, 0.25) is 0 Å². The highest BCUT2D eigenvalue weighted by Crippen LogP contribution is 2.40. The Morgan fingerprint density at radius 2 is 2.06 bits per heavy atom. The van der Waals surface area contributed by atoms with Gasteiger partial charge in [0, 0.05) is 53.7 Å². The molecule has 0 amide bonds. The zero-order chi connectivity index (χ0) is 24.1. The van der Waals surface area contributed by atoms with E-state index in [2.05, 4.69) is 15.2 Å². The number of rotatable bonds is 2. The Morgan fingerprint density at radius 3 is 2.82 bits per heavy atom. The maximum absolute atomic E-state index is 14.3. The van der Waals surface area contributed by atoms with Crippen molar-refractivity contribution >= 4 is 17.4 Å². The fourth-order valence-electron chi connectivity index (χ4n) is 4.32. The standard InChI is InChI=1S/C23H20ClF3N6O/c1-11-16-7-14(25)3-4-15(16)20-13(9-32(2)30-20)5-17-21(33(10-19(26)27)31-22(17)24)12-6-18(34-11)23(28)29-8-12/h3-4,6-9,11,19H,5,10H2,1-2H3,(H2,28,29). The van der Waals surface area contributed by atoms with E-state index in [1.165, 1.54) is 23.0 Å². The third-order valence-electron chi connectivity index (χ3n) is 5.75. The van der Waals surface area contributed by atoms with Gasteiger partial charge in [0.1, 0.15) is 18.5 Å². The Labute approximate surface area is 197 Å². The highest BCUT2D eigenvalue weighted by molar-refractivity contribution is 6.30. The number of hydrogen-bond acceptors (Lipinski definition) is 5. The molecule has 5 rings (SSSR count). The van der Waals surface area contributed by atoms with Crippen LogP contribution < -0.4 is 10.5 Å². The SMILES string of the molecule is CC1Oc2cc(cnc2N)-c2c(c(Cl)nn2CC(F)F)Cc2cn(C)nc2-c2ccc(F)cc21. The quantitative estimate of drug-likeness (QED) is 0.428. The van der Waals surface area contributed by atoms with Crippen LogP contribution in [0.4, 0.5) is 19.0 Å². The van der Waals surface area contributed by atoms with E-state index in [1.54, 1.807) is 30.8 Å². The molecular weight excluding hydrogens is 469 g/mol. The number of benzene rings is 1. The number of nitrogens with two attached hydrogens (primary N) is 1. The number of ether oxygens (including phenoxy) is 1. The van der Waals surface area contributed by atoms with Gasteiger partial charge in [0.15, 0.2) is 16.7 Å². The predicted octanol–water partition coefficient (Wildman–Crippen LogP) is 5.03. The van der Waals surface area contributed by atoms with E-state index in [-0.39, 0.29) is 23.1 Å². The fourth-order valence-corrected chi connectivity index (χ4v) is 4.56. The molecule has 0 fully saturated rings. The van der Waals surface area contributed by atoms with Crippen molar-refractivity contribution in [3.05, 3.63) is 64.3 Å². The summed E-state index contributed by atoms with van der Waals surface area (Å²) in [5, 5.41) is 8.87. The molecule has 0 aliphatic carbocycles. The summed E-state index contributed by atoms with van der Waals surface area (Å²) in [4.78, 5) is 4.20. The first-order valence-corrected chi connectivity index (χ1v) is 10.9. The van der Waals surface area contributed by atoms with E-state index < -0.39 is 24.9 Å². The molecule has 11 heteroatoms. The van der Waals surface area contributed by atoms with E-state index in [0.29, 0.717) is 33.6 Å². The van der Waals surface area contributed by atoms with Crippen molar-refractivity contribution < 1.29 is 17.9 Å². The largest absolute Gasteiger partial charge is 0.482 e. The predicted molar refractivity (Wildman–Crippen MR) is 121 cm³/mol. The Bertz CT molecular complexity index is 1400. The Balaban J connectivity index is 1.81. The summed E-state index contributed by atoms with van der Waals surface area (Å²) >= 11 is 6.47. The van der Waals surface area contributed by atoms with Crippen LogP contribution in [0.1, 0.15) is 29.7 Å². The smallest absolute Gasteiger partial charge is 0.257 e. The van der Waals surface area contributed by atoms with E-state index in [0.717, 1.165) is 5.56 Å². The normalized spacial score (nSPS) is 15.1.